The van der Waals surface area contributed by atoms with E-state index in [9.17, 15) is 13.2 Å². The Labute approximate surface area is 149 Å². The van der Waals surface area contributed by atoms with Gasteiger partial charge < -0.3 is 10.6 Å². The number of sulfonamides is 1. The van der Waals surface area contributed by atoms with Gasteiger partial charge in [0.25, 0.3) is 0 Å². The zero-order chi connectivity index (χ0) is 16.8. The number of halogens is 1. The first-order valence-electron chi connectivity index (χ1n) is 7.97. The standard InChI is InChI=1S/C16H23N3O3S.ClH/c1-11-7-13(9-17)10-19(11)23(21,22)15-4-3-14-5-6-18(12(2)20)16(14)8-15;/h3-4,8,11,13H,5-7,9-10,17H2,1-2H3;1H. The van der Waals surface area contributed by atoms with Crippen LogP contribution in [-0.4, -0.2) is 44.3 Å². The van der Waals surface area contributed by atoms with E-state index in [1.54, 1.807) is 21.3 Å². The Balaban J connectivity index is 0.00000208. The van der Waals surface area contributed by atoms with Crippen LogP contribution in [0.5, 0.6) is 0 Å². The molecular formula is C16H24ClN3O3S. The van der Waals surface area contributed by atoms with E-state index in [0.717, 1.165) is 24.1 Å². The Kier molecular flexibility index (Phi) is 5.59. The molecule has 1 fully saturated rings. The van der Waals surface area contributed by atoms with Gasteiger partial charge in [0.2, 0.25) is 15.9 Å². The number of hydrogen-bond donors (Lipinski definition) is 1. The van der Waals surface area contributed by atoms with Gasteiger partial charge in [-0.2, -0.15) is 4.31 Å². The van der Waals surface area contributed by atoms with E-state index in [1.807, 2.05) is 13.0 Å². The van der Waals surface area contributed by atoms with Crippen LogP contribution in [-0.2, 0) is 21.2 Å². The lowest BCUT2D eigenvalue weighted by molar-refractivity contribution is -0.116. The molecule has 0 aromatic heterocycles. The SMILES string of the molecule is CC(=O)N1CCc2ccc(S(=O)(=O)N3CC(CN)CC3C)cc21.Cl. The van der Waals surface area contributed by atoms with Gasteiger partial charge in [-0.05, 0) is 49.9 Å². The van der Waals surface area contributed by atoms with E-state index in [1.165, 1.54) is 6.92 Å². The fraction of sp³-hybridized carbons (Fsp3) is 0.562. The van der Waals surface area contributed by atoms with Gasteiger partial charge in [-0.3, -0.25) is 4.79 Å². The Hall–Kier alpha value is -1.15. The molecule has 2 aliphatic heterocycles. The molecule has 24 heavy (non-hydrogen) atoms. The van der Waals surface area contributed by atoms with Crippen molar-refractivity contribution in [1.29, 1.82) is 0 Å². The summed E-state index contributed by atoms with van der Waals surface area (Å²) in [4.78, 5) is 13.6. The number of nitrogens with zero attached hydrogens (tertiary/aromatic N) is 2. The summed E-state index contributed by atoms with van der Waals surface area (Å²) < 4.78 is 27.5. The number of fused-ring (bicyclic) bond motifs is 1. The number of carbonyl (C=O) groups excluding carboxylic acids is 1. The van der Waals surface area contributed by atoms with Crippen molar-refractivity contribution in [2.75, 3.05) is 24.5 Å². The molecule has 3 rings (SSSR count). The van der Waals surface area contributed by atoms with E-state index in [2.05, 4.69) is 0 Å². The van der Waals surface area contributed by atoms with Crippen LogP contribution in [0.3, 0.4) is 0 Å². The number of benzene rings is 1. The molecule has 2 heterocycles. The molecule has 1 aromatic rings. The summed E-state index contributed by atoms with van der Waals surface area (Å²) >= 11 is 0. The lowest BCUT2D eigenvalue weighted by atomic mass is 10.1. The number of hydrogen-bond acceptors (Lipinski definition) is 4. The Morgan fingerprint density at radius 3 is 2.67 bits per heavy atom. The average Bonchev–Trinajstić information content (AvgIpc) is 3.09. The second-order valence-electron chi connectivity index (χ2n) is 6.47. The fourth-order valence-corrected chi connectivity index (χ4v) is 5.33. The predicted octanol–water partition coefficient (Wildman–Crippen LogP) is 1.38. The molecule has 0 bridgehead atoms. The molecule has 2 N–H and O–H groups in total. The van der Waals surface area contributed by atoms with Crippen molar-refractivity contribution in [2.45, 2.75) is 37.6 Å². The van der Waals surface area contributed by atoms with Gasteiger partial charge in [-0.15, -0.1) is 12.4 Å². The van der Waals surface area contributed by atoms with Crippen LogP contribution in [0.4, 0.5) is 5.69 Å². The average molecular weight is 374 g/mol. The van der Waals surface area contributed by atoms with E-state index < -0.39 is 10.0 Å². The van der Waals surface area contributed by atoms with Gasteiger partial charge in [0.15, 0.2) is 0 Å². The number of nitrogens with two attached hydrogens (primary N) is 1. The molecule has 1 amide bonds. The summed E-state index contributed by atoms with van der Waals surface area (Å²) in [6, 6.07) is 5.07. The van der Waals surface area contributed by atoms with E-state index >= 15 is 0 Å². The summed E-state index contributed by atoms with van der Waals surface area (Å²) in [5, 5.41) is 0. The zero-order valence-corrected chi connectivity index (χ0v) is 15.6. The number of anilines is 1. The molecule has 0 saturated carbocycles. The highest BCUT2D eigenvalue weighted by atomic mass is 35.5. The summed E-state index contributed by atoms with van der Waals surface area (Å²) in [6.07, 6.45) is 1.56. The molecule has 0 radical (unpaired) electrons. The van der Waals surface area contributed by atoms with Crippen LogP contribution in [0.1, 0.15) is 25.8 Å². The molecule has 6 nitrogen and oxygen atoms in total. The van der Waals surface area contributed by atoms with Crippen molar-refractivity contribution in [1.82, 2.24) is 4.31 Å². The van der Waals surface area contributed by atoms with Crippen molar-refractivity contribution in [3.63, 3.8) is 0 Å². The van der Waals surface area contributed by atoms with E-state index in [4.69, 9.17) is 5.73 Å². The van der Waals surface area contributed by atoms with Crippen LogP contribution in [0.15, 0.2) is 23.1 Å². The number of rotatable bonds is 3. The topological polar surface area (TPSA) is 83.7 Å². The molecule has 0 spiro atoms. The van der Waals surface area contributed by atoms with Crippen molar-refractivity contribution in [2.24, 2.45) is 11.7 Å². The maximum Gasteiger partial charge on any atom is 0.243 e. The smallest absolute Gasteiger partial charge is 0.243 e. The Bertz CT molecular complexity index is 738. The molecular weight excluding hydrogens is 350 g/mol. The van der Waals surface area contributed by atoms with Crippen LogP contribution in [0.2, 0.25) is 0 Å². The Morgan fingerprint density at radius 2 is 2.08 bits per heavy atom. The highest BCUT2D eigenvalue weighted by Gasteiger charge is 2.38. The lowest BCUT2D eigenvalue weighted by Gasteiger charge is -2.22. The third-order valence-electron chi connectivity index (χ3n) is 4.88. The second kappa shape index (κ2) is 7.00. The molecule has 134 valence electrons. The maximum absolute atomic E-state index is 13.0. The van der Waals surface area contributed by atoms with Crippen LogP contribution in [0.25, 0.3) is 0 Å². The largest absolute Gasteiger partial charge is 0.330 e. The third kappa shape index (κ3) is 3.18. The monoisotopic (exact) mass is 373 g/mol. The number of carbonyl (C=O) groups is 1. The molecule has 2 unspecified atom stereocenters. The Morgan fingerprint density at radius 1 is 1.38 bits per heavy atom. The first-order chi connectivity index (χ1) is 10.8. The van der Waals surface area contributed by atoms with Crippen molar-refractivity contribution in [3.8, 4) is 0 Å². The van der Waals surface area contributed by atoms with Crippen molar-refractivity contribution in [3.05, 3.63) is 23.8 Å². The van der Waals surface area contributed by atoms with Gasteiger partial charge in [0.1, 0.15) is 0 Å². The molecule has 2 atom stereocenters. The minimum absolute atomic E-state index is 0. The first kappa shape index (κ1) is 19.2. The first-order valence-corrected chi connectivity index (χ1v) is 9.41. The highest BCUT2D eigenvalue weighted by molar-refractivity contribution is 7.89. The molecule has 2 aliphatic rings. The van der Waals surface area contributed by atoms with Gasteiger partial charge in [0, 0.05) is 31.7 Å². The number of amides is 1. The molecule has 1 saturated heterocycles. The third-order valence-corrected chi connectivity index (χ3v) is 6.85. The van der Waals surface area contributed by atoms with Crippen molar-refractivity contribution < 1.29 is 13.2 Å². The van der Waals surface area contributed by atoms with Gasteiger partial charge >= 0.3 is 0 Å². The maximum atomic E-state index is 13.0. The highest BCUT2D eigenvalue weighted by Crippen LogP contribution is 2.34. The van der Waals surface area contributed by atoms with Gasteiger partial charge in [-0.25, -0.2) is 8.42 Å². The van der Waals surface area contributed by atoms with Gasteiger partial charge in [0.05, 0.1) is 4.90 Å². The molecule has 1 aromatic carbocycles. The van der Waals surface area contributed by atoms with Crippen LogP contribution < -0.4 is 10.6 Å². The van der Waals surface area contributed by atoms with Crippen molar-refractivity contribution >= 4 is 34.0 Å². The van der Waals surface area contributed by atoms with Crippen LogP contribution in [0, 0.1) is 5.92 Å². The van der Waals surface area contributed by atoms with Crippen LogP contribution >= 0.6 is 12.4 Å². The summed E-state index contributed by atoms with van der Waals surface area (Å²) in [5.74, 6) is 0.152. The lowest BCUT2D eigenvalue weighted by Crippen LogP contribution is -2.34. The molecule has 0 aliphatic carbocycles. The summed E-state index contributed by atoms with van der Waals surface area (Å²) in [6.45, 7) is 5.00. The predicted molar refractivity (Wildman–Crippen MR) is 95.9 cm³/mol. The minimum atomic E-state index is -3.56. The zero-order valence-electron chi connectivity index (χ0n) is 13.9. The quantitative estimate of drug-likeness (QED) is 0.867. The van der Waals surface area contributed by atoms with E-state index in [-0.39, 0.29) is 35.2 Å². The normalized spacial score (nSPS) is 23.9. The van der Waals surface area contributed by atoms with E-state index in [0.29, 0.717) is 19.6 Å². The van der Waals surface area contributed by atoms with Gasteiger partial charge in [-0.1, -0.05) is 6.07 Å². The summed E-state index contributed by atoms with van der Waals surface area (Å²) in [5.41, 5.74) is 7.44. The summed E-state index contributed by atoms with van der Waals surface area (Å²) in [7, 11) is -3.56. The fourth-order valence-electron chi connectivity index (χ4n) is 3.60. The molecule has 8 heteroatoms. The second-order valence-corrected chi connectivity index (χ2v) is 8.36. The minimum Gasteiger partial charge on any atom is -0.330 e.